The highest BCUT2D eigenvalue weighted by molar-refractivity contribution is 5.82. The van der Waals surface area contributed by atoms with Gasteiger partial charge >= 0.3 is 0 Å². The summed E-state index contributed by atoms with van der Waals surface area (Å²) in [7, 11) is 1.66. The molecule has 2 saturated heterocycles. The minimum Gasteiger partial charge on any atom is -0.497 e. The number of benzene rings is 1. The molecule has 3 unspecified atom stereocenters. The van der Waals surface area contributed by atoms with E-state index in [0.29, 0.717) is 0 Å². The second-order valence-electron chi connectivity index (χ2n) is 7.81. The molecule has 0 spiro atoms. The fourth-order valence-electron chi connectivity index (χ4n) is 4.12. The molecule has 2 fully saturated rings. The number of hydrazine groups is 1. The van der Waals surface area contributed by atoms with E-state index >= 15 is 0 Å². The molecular weight excluding hydrogens is 366 g/mol. The summed E-state index contributed by atoms with van der Waals surface area (Å²) in [5.41, 5.74) is 8.63. The summed E-state index contributed by atoms with van der Waals surface area (Å²) in [6, 6.07) is 14.0. The van der Waals surface area contributed by atoms with E-state index in [4.69, 9.17) is 4.74 Å². The number of pyridine rings is 1. The molecule has 2 aliphatic rings. The minimum atomic E-state index is -0.228. The van der Waals surface area contributed by atoms with Crippen molar-refractivity contribution in [2.24, 2.45) is 0 Å². The van der Waals surface area contributed by atoms with E-state index in [0.717, 1.165) is 55.9 Å². The van der Waals surface area contributed by atoms with Crippen LogP contribution in [0, 0.1) is 0 Å². The minimum absolute atomic E-state index is 0.0678. The lowest BCUT2D eigenvalue weighted by Gasteiger charge is -2.33. The first-order chi connectivity index (χ1) is 14.2. The van der Waals surface area contributed by atoms with Gasteiger partial charge in [0.05, 0.1) is 12.8 Å². The largest absolute Gasteiger partial charge is 0.497 e. The molecule has 4 rings (SSSR count). The number of methoxy groups -OCH3 is 1. The maximum atomic E-state index is 12.8. The van der Waals surface area contributed by atoms with E-state index < -0.39 is 0 Å². The third-order valence-corrected chi connectivity index (χ3v) is 5.70. The topological polar surface area (TPSA) is 78.5 Å². The summed E-state index contributed by atoms with van der Waals surface area (Å²) in [6.45, 7) is 2.74. The molecule has 7 nitrogen and oxygen atoms in total. The number of carbonyl (C=O) groups is 1. The van der Waals surface area contributed by atoms with Crippen LogP contribution in [0.4, 0.5) is 0 Å². The van der Waals surface area contributed by atoms with E-state index in [-0.39, 0.29) is 24.0 Å². The molecule has 1 aromatic carbocycles. The number of amides is 1. The van der Waals surface area contributed by atoms with Gasteiger partial charge in [-0.05, 0) is 55.6 Å². The van der Waals surface area contributed by atoms with Crippen molar-refractivity contribution in [3.63, 3.8) is 0 Å². The molecule has 154 valence electrons. The lowest BCUT2D eigenvalue weighted by atomic mass is 10.0. The van der Waals surface area contributed by atoms with Crippen LogP contribution in [0.1, 0.15) is 36.6 Å². The summed E-state index contributed by atoms with van der Waals surface area (Å²) in [6.07, 6.45) is 4.66. The second-order valence-corrected chi connectivity index (χ2v) is 7.81. The zero-order chi connectivity index (χ0) is 20.1. The highest BCUT2D eigenvalue weighted by Crippen LogP contribution is 2.24. The number of hydrogen-bond acceptors (Lipinski definition) is 6. The van der Waals surface area contributed by atoms with Gasteiger partial charge < -0.3 is 10.1 Å². The number of hydrogen-bond donors (Lipinski definition) is 3. The standard InChI is InChI=1S/C22H29N5O2/c1-29-19-9-7-16(8-10-19)20-13-21(26-25-20)22(28)24-18-6-4-12-27(15-18)14-17-5-2-3-11-23-17/h2-3,5,7-11,18,20-21,25-26H,4,6,12-15H2,1H3,(H,24,28). The van der Waals surface area contributed by atoms with Gasteiger partial charge in [0.15, 0.2) is 0 Å². The lowest BCUT2D eigenvalue weighted by molar-refractivity contribution is -0.124. The normalized spacial score (nSPS) is 24.9. The van der Waals surface area contributed by atoms with Gasteiger partial charge in [-0.2, -0.15) is 0 Å². The van der Waals surface area contributed by atoms with Gasteiger partial charge in [-0.1, -0.05) is 18.2 Å². The van der Waals surface area contributed by atoms with Crippen LogP contribution in [-0.4, -0.2) is 48.1 Å². The average molecular weight is 396 g/mol. The number of aromatic nitrogens is 1. The van der Waals surface area contributed by atoms with Crippen LogP contribution in [0.25, 0.3) is 0 Å². The Morgan fingerprint density at radius 1 is 1.24 bits per heavy atom. The lowest BCUT2D eigenvalue weighted by Crippen LogP contribution is -2.52. The molecule has 1 aromatic heterocycles. The van der Waals surface area contributed by atoms with Gasteiger partial charge in [0.2, 0.25) is 5.91 Å². The highest BCUT2D eigenvalue weighted by Gasteiger charge is 2.32. The van der Waals surface area contributed by atoms with Crippen molar-refractivity contribution in [3.8, 4) is 5.75 Å². The molecule has 0 aliphatic carbocycles. The maximum Gasteiger partial charge on any atom is 0.238 e. The first-order valence-corrected chi connectivity index (χ1v) is 10.3. The first kappa shape index (κ1) is 19.8. The van der Waals surface area contributed by atoms with Crippen molar-refractivity contribution in [2.45, 2.75) is 43.9 Å². The van der Waals surface area contributed by atoms with E-state index in [1.165, 1.54) is 0 Å². The quantitative estimate of drug-likeness (QED) is 0.692. The number of nitrogens with zero attached hydrogens (tertiary/aromatic N) is 2. The van der Waals surface area contributed by atoms with Gasteiger partial charge in [0.1, 0.15) is 11.8 Å². The zero-order valence-electron chi connectivity index (χ0n) is 16.8. The molecule has 2 aromatic rings. The Morgan fingerprint density at radius 3 is 2.86 bits per heavy atom. The highest BCUT2D eigenvalue weighted by atomic mass is 16.5. The molecule has 7 heteroatoms. The van der Waals surface area contributed by atoms with E-state index in [1.807, 2.05) is 42.6 Å². The number of rotatable bonds is 6. The monoisotopic (exact) mass is 395 g/mol. The number of ether oxygens (including phenoxy) is 1. The number of nitrogens with one attached hydrogen (secondary N) is 3. The zero-order valence-corrected chi connectivity index (χ0v) is 16.8. The third kappa shape index (κ3) is 5.12. The Morgan fingerprint density at radius 2 is 2.10 bits per heavy atom. The molecule has 3 atom stereocenters. The van der Waals surface area contributed by atoms with Gasteiger partial charge in [0, 0.05) is 31.4 Å². The number of piperidine rings is 1. The fraction of sp³-hybridized carbons (Fsp3) is 0.455. The van der Waals surface area contributed by atoms with Crippen LogP contribution >= 0.6 is 0 Å². The van der Waals surface area contributed by atoms with Crippen molar-refractivity contribution in [1.29, 1.82) is 0 Å². The Kier molecular flexibility index (Phi) is 6.39. The van der Waals surface area contributed by atoms with Crippen molar-refractivity contribution in [1.82, 2.24) is 26.1 Å². The van der Waals surface area contributed by atoms with Crippen LogP contribution in [0.2, 0.25) is 0 Å². The van der Waals surface area contributed by atoms with Crippen LogP contribution in [0.15, 0.2) is 48.7 Å². The predicted molar refractivity (Wildman–Crippen MR) is 111 cm³/mol. The predicted octanol–water partition coefficient (Wildman–Crippen LogP) is 1.78. The van der Waals surface area contributed by atoms with E-state index in [2.05, 4.69) is 32.1 Å². The second kappa shape index (κ2) is 9.35. The summed E-state index contributed by atoms with van der Waals surface area (Å²) >= 11 is 0. The molecule has 2 aliphatic heterocycles. The number of likely N-dealkylation sites (tertiary alicyclic amines) is 1. The van der Waals surface area contributed by atoms with Gasteiger partial charge in [-0.25, -0.2) is 10.9 Å². The fourth-order valence-corrected chi connectivity index (χ4v) is 4.12. The van der Waals surface area contributed by atoms with Crippen molar-refractivity contribution in [3.05, 3.63) is 59.9 Å². The van der Waals surface area contributed by atoms with Crippen molar-refractivity contribution >= 4 is 5.91 Å². The third-order valence-electron chi connectivity index (χ3n) is 5.70. The molecule has 3 N–H and O–H groups in total. The first-order valence-electron chi connectivity index (χ1n) is 10.3. The molecule has 0 bridgehead atoms. The molecule has 3 heterocycles. The molecule has 1 amide bonds. The Bertz CT molecular complexity index is 799. The van der Waals surface area contributed by atoms with Crippen LogP contribution in [0.3, 0.4) is 0 Å². The summed E-state index contributed by atoms with van der Waals surface area (Å²) in [5, 5.41) is 3.24. The average Bonchev–Trinajstić information content (AvgIpc) is 3.25. The van der Waals surface area contributed by atoms with Crippen LogP contribution in [-0.2, 0) is 11.3 Å². The molecule has 29 heavy (non-hydrogen) atoms. The number of carbonyl (C=O) groups excluding carboxylic acids is 1. The smallest absolute Gasteiger partial charge is 0.238 e. The van der Waals surface area contributed by atoms with Crippen molar-refractivity contribution in [2.75, 3.05) is 20.2 Å². The Labute approximate surface area is 171 Å². The van der Waals surface area contributed by atoms with Crippen LogP contribution < -0.4 is 20.9 Å². The van der Waals surface area contributed by atoms with Crippen LogP contribution in [0.5, 0.6) is 5.75 Å². The van der Waals surface area contributed by atoms with E-state index in [9.17, 15) is 4.79 Å². The molecule has 0 saturated carbocycles. The summed E-state index contributed by atoms with van der Waals surface area (Å²) in [5.74, 6) is 0.903. The Balaban J connectivity index is 1.27. The van der Waals surface area contributed by atoms with Gasteiger partial charge in [-0.15, -0.1) is 0 Å². The summed E-state index contributed by atoms with van der Waals surface area (Å²) < 4.78 is 5.21. The SMILES string of the molecule is COc1ccc(C2CC(C(=O)NC3CCCN(Cc4ccccn4)C3)NN2)cc1. The van der Waals surface area contributed by atoms with E-state index in [1.54, 1.807) is 7.11 Å². The van der Waals surface area contributed by atoms with Gasteiger partial charge in [-0.3, -0.25) is 14.7 Å². The maximum absolute atomic E-state index is 12.8. The van der Waals surface area contributed by atoms with Crippen molar-refractivity contribution < 1.29 is 9.53 Å². The molecule has 0 radical (unpaired) electrons. The molecular formula is C22H29N5O2. The summed E-state index contributed by atoms with van der Waals surface area (Å²) in [4.78, 5) is 19.6. The Hall–Kier alpha value is -2.48. The van der Waals surface area contributed by atoms with Gasteiger partial charge in [0.25, 0.3) is 0 Å².